The minimum absolute atomic E-state index is 0.0981. The summed E-state index contributed by atoms with van der Waals surface area (Å²) in [5.41, 5.74) is 1.02. The van der Waals surface area contributed by atoms with Crippen LogP contribution in [0, 0.1) is 0 Å². The maximum absolute atomic E-state index is 11.2. The Morgan fingerprint density at radius 3 is 2.24 bits per heavy atom. The van der Waals surface area contributed by atoms with E-state index in [2.05, 4.69) is 10.0 Å². The standard InChI is InChI=1S/C10H13ClN2O3S/c1-2-10(14)12-8-3-5-9(6-4-8)13-17(15,16)7-11/h3-6,13H,2,7H2,1H3,(H,12,14). The van der Waals surface area contributed by atoms with Gasteiger partial charge in [0, 0.05) is 17.8 Å². The van der Waals surface area contributed by atoms with E-state index >= 15 is 0 Å². The molecule has 0 fully saturated rings. The lowest BCUT2D eigenvalue weighted by Gasteiger charge is -2.07. The van der Waals surface area contributed by atoms with Gasteiger partial charge in [0.25, 0.3) is 0 Å². The van der Waals surface area contributed by atoms with Gasteiger partial charge in [-0.3, -0.25) is 9.52 Å². The third-order valence-electron chi connectivity index (χ3n) is 1.91. The summed E-state index contributed by atoms with van der Waals surface area (Å²) in [4.78, 5) is 11.1. The van der Waals surface area contributed by atoms with Crippen LogP contribution in [0.2, 0.25) is 0 Å². The van der Waals surface area contributed by atoms with E-state index < -0.39 is 15.2 Å². The Balaban J connectivity index is 2.72. The third kappa shape index (κ3) is 4.62. The first-order chi connectivity index (χ1) is 7.96. The fourth-order valence-electron chi connectivity index (χ4n) is 1.08. The van der Waals surface area contributed by atoms with Gasteiger partial charge in [-0.25, -0.2) is 8.42 Å². The first kappa shape index (κ1) is 13.8. The Morgan fingerprint density at radius 2 is 1.76 bits per heavy atom. The Hall–Kier alpha value is -1.27. The van der Waals surface area contributed by atoms with Crippen molar-refractivity contribution in [2.24, 2.45) is 0 Å². The zero-order valence-electron chi connectivity index (χ0n) is 9.23. The van der Waals surface area contributed by atoms with Crippen molar-refractivity contribution in [2.75, 3.05) is 15.3 Å². The molecule has 7 heteroatoms. The number of sulfonamides is 1. The number of hydrogen-bond donors (Lipinski definition) is 2. The van der Waals surface area contributed by atoms with Gasteiger partial charge in [0.15, 0.2) is 0 Å². The predicted octanol–water partition coefficient (Wildman–Crippen LogP) is 1.97. The second-order valence-electron chi connectivity index (χ2n) is 3.30. The molecule has 0 bridgehead atoms. The van der Waals surface area contributed by atoms with Gasteiger partial charge >= 0.3 is 0 Å². The molecule has 5 nitrogen and oxygen atoms in total. The van der Waals surface area contributed by atoms with Crippen molar-refractivity contribution in [3.63, 3.8) is 0 Å². The number of amides is 1. The number of hydrogen-bond acceptors (Lipinski definition) is 3. The van der Waals surface area contributed by atoms with E-state index in [0.29, 0.717) is 17.8 Å². The van der Waals surface area contributed by atoms with E-state index in [1.807, 2.05) is 0 Å². The number of halogens is 1. The van der Waals surface area contributed by atoms with E-state index in [9.17, 15) is 13.2 Å². The molecule has 0 aliphatic heterocycles. The van der Waals surface area contributed by atoms with Crippen LogP contribution in [-0.4, -0.2) is 19.5 Å². The molecule has 0 saturated carbocycles. The zero-order chi connectivity index (χ0) is 12.9. The summed E-state index contributed by atoms with van der Waals surface area (Å²) >= 11 is 5.25. The SMILES string of the molecule is CCC(=O)Nc1ccc(NS(=O)(=O)CCl)cc1. The average molecular weight is 277 g/mol. The zero-order valence-corrected chi connectivity index (χ0v) is 10.8. The van der Waals surface area contributed by atoms with Gasteiger partial charge in [0.2, 0.25) is 15.9 Å². The van der Waals surface area contributed by atoms with E-state index in [1.165, 1.54) is 0 Å². The third-order valence-corrected chi connectivity index (χ3v) is 3.60. The van der Waals surface area contributed by atoms with Gasteiger partial charge < -0.3 is 5.32 Å². The molecule has 0 saturated heterocycles. The fraction of sp³-hybridized carbons (Fsp3) is 0.300. The van der Waals surface area contributed by atoms with Crippen LogP contribution in [0.4, 0.5) is 11.4 Å². The second-order valence-corrected chi connectivity index (χ2v) is 5.61. The number of rotatable bonds is 5. The van der Waals surface area contributed by atoms with Gasteiger partial charge in [-0.05, 0) is 24.3 Å². The lowest BCUT2D eigenvalue weighted by atomic mass is 10.3. The highest BCUT2D eigenvalue weighted by atomic mass is 35.5. The van der Waals surface area contributed by atoms with Crippen molar-refractivity contribution in [3.8, 4) is 0 Å². The number of anilines is 2. The van der Waals surface area contributed by atoms with Crippen LogP contribution >= 0.6 is 11.6 Å². The molecule has 94 valence electrons. The Morgan fingerprint density at radius 1 is 1.24 bits per heavy atom. The van der Waals surface area contributed by atoms with Crippen LogP contribution < -0.4 is 10.0 Å². The van der Waals surface area contributed by atoms with E-state index in [4.69, 9.17) is 11.6 Å². The monoisotopic (exact) mass is 276 g/mol. The number of carbonyl (C=O) groups is 1. The summed E-state index contributed by atoms with van der Waals surface area (Å²) in [7, 11) is -3.49. The van der Waals surface area contributed by atoms with Gasteiger partial charge in [0.1, 0.15) is 5.21 Å². The summed E-state index contributed by atoms with van der Waals surface area (Å²) in [6, 6.07) is 6.32. The molecule has 0 spiro atoms. The van der Waals surface area contributed by atoms with Crippen LogP contribution in [0.3, 0.4) is 0 Å². The van der Waals surface area contributed by atoms with Crippen LogP contribution in [0.15, 0.2) is 24.3 Å². The summed E-state index contributed by atoms with van der Waals surface area (Å²) in [6.45, 7) is 1.75. The molecular formula is C10H13ClN2O3S. The quantitative estimate of drug-likeness (QED) is 0.808. The van der Waals surface area contributed by atoms with Crippen LogP contribution in [-0.2, 0) is 14.8 Å². The Bertz CT molecular complexity index is 485. The first-order valence-electron chi connectivity index (χ1n) is 4.93. The molecule has 0 aliphatic rings. The molecule has 0 aliphatic carbocycles. The van der Waals surface area contributed by atoms with Gasteiger partial charge in [0.05, 0.1) is 0 Å². The predicted molar refractivity (Wildman–Crippen MR) is 68.6 cm³/mol. The van der Waals surface area contributed by atoms with Gasteiger partial charge in [-0.2, -0.15) is 0 Å². The van der Waals surface area contributed by atoms with Crippen molar-refractivity contribution in [2.45, 2.75) is 13.3 Å². The van der Waals surface area contributed by atoms with Crippen molar-refractivity contribution in [1.29, 1.82) is 0 Å². The molecule has 0 radical (unpaired) electrons. The second kappa shape index (κ2) is 5.88. The molecule has 2 N–H and O–H groups in total. The Kier molecular flexibility index (Phi) is 4.77. The van der Waals surface area contributed by atoms with Crippen LogP contribution in [0.25, 0.3) is 0 Å². The lowest BCUT2D eigenvalue weighted by molar-refractivity contribution is -0.115. The molecule has 17 heavy (non-hydrogen) atoms. The summed E-state index contributed by atoms with van der Waals surface area (Å²) in [5, 5.41) is 2.15. The number of carbonyl (C=O) groups excluding carboxylic acids is 1. The highest BCUT2D eigenvalue weighted by molar-refractivity contribution is 7.93. The molecular weight excluding hydrogens is 264 g/mol. The van der Waals surface area contributed by atoms with E-state index in [-0.39, 0.29) is 5.91 Å². The van der Waals surface area contributed by atoms with Gasteiger partial charge in [-0.15, -0.1) is 11.6 Å². The summed E-state index contributed by atoms with van der Waals surface area (Å²) < 4.78 is 24.6. The van der Waals surface area contributed by atoms with Crippen molar-refractivity contribution >= 4 is 38.9 Å². The number of nitrogens with one attached hydrogen (secondary N) is 2. The first-order valence-corrected chi connectivity index (χ1v) is 7.12. The van der Waals surface area contributed by atoms with Gasteiger partial charge in [-0.1, -0.05) is 6.92 Å². The maximum atomic E-state index is 11.2. The van der Waals surface area contributed by atoms with Crippen molar-refractivity contribution < 1.29 is 13.2 Å². The molecule has 1 aromatic rings. The topological polar surface area (TPSA) is 75.3 Å². The maximum Gasteiger partial charge on any atom is 0.246 e. The smallest absolute Gasteiger partial charge is 0.246 e. The van der Waals surface area contributed by atoms with Crippen LogP contribution in [0.5, 0.6) is 0 Å². The van der Waals surface area contributed by atoms with E-state index in [0.717, 1.165) is 0 Å². The number of benzene rings is 1. The fourth-order valence-corrected chi connectivity index (χ4v) is 1.79. The highest BCUT2D eigenvalue weighted by Crippen LogP contribution is 2.15. The minimum atomic E-state index is -3.49. The molecule has 0 aromatic heterocycles. The van der Waals surface area contributed by atoms with Crippen LogP contribution in [0.1, 0.15) is 13.3 Å². The largest absolute Gasteiger partial charge is 0.326 e. The lowest BCUT2D eigenvalue weighted by Crippen LogP contribution is -2.13. The molecule has 1 amide bonds. The Labute approximate surface area is 105 Å². The average Bonchev–Trinajstić information content (AvgIpc) is 2.31. The summed E-state index contributed by atoms with van der Waals surface area (Å²) in [5.74, 6) is -0.0981. The molecule has 0 atom stereocenters. The molecule has 0 unspecified atom stereocenters. The summed E-state index contributed by atoms with van der Waals surface area (Å²) in [6.07, 6.45) is 0.390. The normalized spacial score (nSPS) is 10.9. The molecule has 1 rings (SSSR count). The highest BCUT2D eigenvalue weighted by Gasteiger charge is 2.07. The number of alkyl halides is 1. The van der Waals surface area contributed by atoms with Crippen molar-refractivity contribution in [3.05, 3.63) is 24.3 Å². The van der Waals surface area contributed by atoms with E-state index in [1.54, 1.807) is 31.2 Å². The van der Waals surface area contributed by atoms with Crippen molar-refractivity contribution in [1.82, 2.24) is 0 Å². The minimum Gasteiger partial charge on any atom is -0.326 e. The molecule has 0 heterocycles. The molecule has 1 aromatic carbocycles.